The Kier molecular flexibility index (Phi) is 5.14. The lowest BCUT2D eigenvalue weighted by atomic mass is 9.90. The highest BCUT2D eigenvalue weighted by atomic mass is 16.5. The topological polar surface area (TPSA) is 24.5 Å². The van der Waals surface area contributed by atoms with Crippen LogP contribution in [0, 0.1) is 5.92 Å². The molecule has 2 heterocycles. The van der Waals surface area contributed by atoms with Crippen molar-refractivity contribution in [2.75, 3.05) is 26.2 Å². The van der Waals surface area contributed by atoms with Gasteiger partial charge in [-0.1, -0.05) is 6.92 Å². The van der Waals surface area contributed by atoms with Gasteiger partial charge in [0, 0.05) is 12.6 Å². The highest BCUT2D eigenvalue weighted by molar-refractivity contribution is 5.00. The van der Waals surface area contributed by atoms with Crippen LogP contribution in [0.5, 0.6) is 0 Å². The summed E-state index contributed by atoms with van der Waals surface area (Å²) in [6.45, 7) is 16.1. The van der Waals surface area contributed by atoms with E-state index in [1.165, 1.54) is 45.4 Å². The van der Waals surface area contributed by atoms with E-state index in [0.29, 0.717) is 6.04 Å². The van der Waals surface area contributed by atoms with Gasteiger partial charge >= 0.3 is 0 Å². The van der Waals surface area contributed by atoms with Crippen LogP contribution in [-0.2, 0) is 4.74 Å². The monoisotopic (exact) mass is 282 g/mol. The quantitative estimate of drug-likeness (QED) is 0.839. The van der Waals surface area contributed by atoms with E-state index in [1.54, 1.807) is 0 Å². The van der Waals surface area contributed by atoms with Gasteiger partial charge in [-0.25, -0.2) is 0 Å². The largest absolute Gasteiger partial charge is 0.368 e. The van der Waals surface area contributed by atoms with Gasteiger partial charge in [0.05, 0.1) is 11.2 Å². The second kappa shape index (κ2) is 6.33. The Balaban J connectivity index is 2.03. The fourth-order valence-corrected chi connectivity index (χ4v) is 4.18. The Morgan fingerprint density at radius 3 is 2.50 bits per heavy atom. The van der Waals surface area contributed by atoms with Crippen molar-refractivity contribution in [1.82, 2.24) is 10.2 Å². The first-order valence-electron chi connectivity index (χ1n) is 8.49. The molecular formula is C17H34N2O. The van der Waals surface area contributed by atoms with Crippen LogP contribution in [0.25, 0.3) is 0 Å². The molecule has 0 aromatic rings. The molecule has 0 saturated carbocycles. The van der Waals surface area contributed by atoms with E-state index in [2.05, 4.69) is 44.8 Å². The van der Waals surface area contributed by atoms with Crippen LogP contribution in [0.1, 0.15) is 60.3 Å². The van der Waals surface area contributed by atoms with Gasteiger partial charge in [0.25, 0.3) is 0 Å². The molecule has 118 valence electrons. The summed E-state index contributed by atoms with van der Waals surface area (Å²) in [5.41, 5.74) is -0.00820. The molecular weight excluding hydrogens is 248 g/mol. The minimum absolute atomic E-state index is 0.0188. The summed E-state index contributed by atoms with van der Waals surface area (Å²) in [4.78, 5) is 2.71. The van der Waals surface area contributed by atoms with Crippen molar-refractivity contribution < 1.29 is 4.74 Å². The molecule has 0 aromatic heterocycles. The number of piperidine rings is 1. The molecule has 2 atom stereocenters. The lowest BCUT2D eigenvalue weighted by Gasteiger charge is -2.39. The molecule has 0 amide bonds. The maximum atomic E-state index is 6.31. The molecule has 2 aliphatic rings. The summed E-state index contributed by atoms with van der Waals surface area (Å²) in [6, 6.07) is 0.555. The van der Waals surface area contributed by atoms with Gasteiger partial charge in [0.2, 0.25) is 0 Å². The third kappa shape index (κ3) is 3.96. The minimum Gasteiger partial charge on any atom is -0.368 e. The summed E-state index contributed by atoms with van der Waals surface area (Å²) >= 11 is 0. The van der Waals surface area contributed by atoms with Crippen LogP contribution < -0.4 is 5.32 Å². The van der Waals surface area contributed by atoms with E-state index in [9.17, 15) is 0 Å². The van der Waals surface area contributed by atoms with E-state index in [-0.39, 0.29) is 11.2 Å². The maximum Gasteiger partial charge on any atom is 0.0789 e. The van der Waals surface area contributed by atoms with Gasteiger partial charge < -0.3 is 10.1 Å². The van der Waals surface area contributed by atoms with E-state index < -0.39 is 0 Å². The van der Waals surface area contributed by atoms with E-state index in [0.717, 1.165) is 12.3 Å². The first-order chi connectivity index (χ1) is 9.34. The molecule has 0 aromatic carbocycles. The number of nitrogens with one attached hydrogen (secondary N) is 1. The zero-order chi connectivity index (χ0) is 14.8. The Morgan fingerprint density at radius 2 is 2.00 bits per heavy atom. The molecule has 2 aliphatic heterocycles. The molecule has 0 aliphatic carbocycles. The molecule has 0 bridgehead atoms. The average Bonchev–Trinajstić information content (AvgIpc) is 2.58. The van der Waals surface area contributed by atoms with Crippen LogP contribution in [0.3, 0.4) is 0 Å². The van der Waals surface area contributed by atoms with Crippen molar-refractivity contribution in [3.63, 3.8) is 0 Å². The fraction of sp³-hybridized carbons (Fsp3) is 1.00. The van der Waals surface area contributed by atoms with Gasteiger partial charge in [-0.3, -0.25) is 4.90 Å². The second-order valence-corrected chi connectivity index (χ2v) is 7.89. The van der Waals surface area contributed by atoms with Crippen molar-refractivity contribution in [1.29, 1.82) is 0 Å². The normalized spacial score (nSPS) is 32.7. The third-order valence-corrected chi connectivity index (χ3v) is 4.87. The van der Waals surface area contributed by atoms with Gasteiger partial charge in [0.1, 0.15) is 0 Å². The number of ether oxygens (including phenoxy) is 1. The lowest BCUT2D eigenvalue weighted by molar-refractivity contribution is -0.0817. The summed E-state index contributed by atoms with van der Waals surface area (Å²) in [7, 11) is 0. The SMILES string of the molecule is CCCN(CC1CCCNC1)C1CC(C)(C)OC1(C)C. The van der Waals surface area contributed by atoms with Gasteiger partial charge in [0.15, 0.2) is 0 Å². The summed E-state index contributed by atoms with van der Waals surface area (Å²) in [5, 5.41) is 3.55. The zero-order valence-electron chi connectivity index (χ0n) is 14.2. The second-order valence-electron chi connectivity index (χ2n) is 7.89. The summed E-state index contributed by atoms with van der Waals surface area (Å²) < 4.78 is 6.31. The third-order valence-electron chi connectivity index (χ3n) is 4.87. The number of hydrogen-bond acceptors (Lipinski definition) is 3. The Bertz CT molecular complexity index is 308. The van der Waals surface area contributed by atoms with Crippen LogP contribution in [0.15, 0.2) is 0 Å². The first kappa shape index (κ1) is 16.3. The predicted molar refractivity (Wildman–Crippen MR) is 85.1 cm³/mol. The van der Waals surface area contributed by atoms with E-state index in [1.807, 2.05) is 0 Å². The highest BCUT2D eigenvalue weighted by Crippen LogP contribution is 2.40. The molecule has 20 heavy (non-hydrogen) atoms. The first-order valence-corrected chi connectivity index (χ1v) is 8.49. The van der Waals surface area contributed by atoms with Crippen molar-refractivity contribution in [3.8, 4) is 0 Å². The van der Waals surface area contributed by atoms with E-state index in [4.69, 9.17) is 4.74 Å². The summed E-state index contributed by atoms with van der Waals surface area (Å²) in [5.74, 6) is 0.815. The van der Waals surface area contributed by atoms with Crippen molar-refractivity contribution in [2.24, 2.45) is 5.92 Å². The predicted octanol–water partition coefficient (Wildman–Crippen LogP) is 3.04. The van der Waals surface area contributed by atoms with Crippen molar-refractivity contribution in [3.05, 3.63) is 0 Å². The number of hydrogen-bond donors (Lipinski definition) is 1. The molecule has 2 saturated heterocycles. The Hall–Kier alpha value is -0.120. The maximum absolute atomic E-state index is 6.31. The molecule has 2 rings (SSSR count). The molecule has 1 N–H and O–H groups in total. The Morgan fingerprint density at radius 1 is 1.25 bits per heavy atom. The highest BCUT2D eigenvalue weighted by Gasteiger charge is 2.48. The van der Waals surface area contributed by atoms with Crippen molar-refractivity contribution >= 4 is 0 Å². The molecule has 3 heteroatoms. The van der Waals surface area contributed by atoms with Crippen LogP contribution in [0.4, 0.5) is 0 Å². The molecule has 0 radical (unpaired) electrons. The van der Waals surface area contributed by atoms with Gasteiger partial charge in [-0.05, 0) is 78.9 Å². The number of nitrogens with zero attached hydrogens (tertiary/aromatic N) is 1. The van der Waals surface area contributed by atoms with Crippen LogP contribution in [0.2, 0.25) is 0 Å². The van der Waals surface area contributed by atoms with Gasteiger partial charge in [-0.2, -0.15) is 0 Å². The zero-order valence-corrected chi connectivity index (χ0v) is 14.2. The van der Waals surface area contributed by atoms with E-state index >= 15 is 0 Å². The molecule has 3 nitrogen and oxygen atoms in total. The molecule has 0 spiro atoms. The number of rotatable bonds is 5. The smallest absolute Gasteiger partial charge is 0.0789 e. The fourth-order valence-electron chi connectivity index (χ4n) is 4.18. The average molecular weight is 282 g/mol. The Labute approximate surface area is 125 Å². The van der Waals surface area contributed by atoms with Gasteiger partial charge in [-0.15, -0.1) is 0 Å². The van der Waals surface area contributed by atoms with Crippen LogP contribution >= 0.6 is 0 Å². The molecule has 2 unspecified atom stereocenters. The lowest BCUT2D eigenvalue weighted by Crippen LogP contribution is -2.50. The standard InChI is InChI=1S/C17H34N2O/c1-6-10-19(13-14-8-7-9-18-12-14)15-11-16(2,3)20-17(15,4)5/h14-15,18H,6-13H2,1-5H3. The molecule has 2 fully saturated rings. The summed E-state index contributed by atoms with van der Waals surface area (Å²) in [6.07, 6.45) is 5.10. The minimum atomic E-state index is -0.0270. The van der Waals surface area contributed by atoms with Crippen molar-refractivity contribution in [2.45, 2.75) is 77.5 Å². The van der Waals surface area contributed by atoms with Crippen LogP contribution in [-0.4, -0.2) is 48.3 Å².